The topological polar surface area (TPSA) is 126 Å². The van der Waals surface area contributed by atoms with E-state index in [0.717, 1.165) is 17.1 Å². The maximum absolute atomic E-state index is 12.9. The monoisotopic (exact) mass is 423 g/mol. The second kappa shape index (κ2) is 10.2. The number of amides is 1. The van der Waals surface area contributed by atoms with E-state index in [-0.39, 0.29) is 11.9 Å². The van der Waals surface area contributed by atoms with Crippen LogP contribution in [-0.4, -0.2) is 52.6 Å². The molecule has 0 fully saturated rings. The van der Waals surface area contributed by atoms with Crippen LogP contribution in [0.3, 0.4) is 0 Å². The molecule has 0 radical (unpaired) electrons. The van der Waals surface area contributed by atoms with E-state index in [2.05, 4.69) is 35.6 Å². The molecule has 1 aromatic carbocycles. The minimum absolute atomic E-state index is 0.240. The number of H-pyrrole nitrogens is 1. The van der Waals surface area contributed by atoms with Crippen molar-refractivity contribution < 1.29 is 14.3 Å². The van der Waals surface area contributed by atoms with Gasteiger partial charge in [-0.15, -0.1) is 0 Å². The highest BCUT2D eigenvalue weighted by molar-refractivity contribution is 6.09. The zero-order chi connectivity index (χ0) is 22.2. The lowest BCUT2D eigenvalue weighted by molar-refractivity contribution is 0.0976. The van der Waals surface area contributed by atoms with Crippen molar-refractivity contribution in [2.24, 2.45) is 4.99 Å². The van der Waals surface area contributed by atoms with Gasteiger partial charge in [-0.3, -0.25) is 20.4 Å². The summed E-state index contributed by atoms with van der Waals surface area (Å²) in [6.07, 6.45) is 3.98. The predicted octanol–water partition coefficient (Wildman–Crippen LogP) is 2.27. The standard InChI is InChI=1S/C21H25N7O3/c1-13-9-14(2)26-21(25-13)28-20(23-8-7-16-11-22-12-24-16)27-19(29)15-5-6-17(30-3)18(10-15)31-4/h5-6,9-12H,7-8H2,1-4H3,(H,22,24)(H2,23,25,26,27,28,29). The zero-order valence-corrected chi connectivity index (χ0v) is 17.9. The number of guanidine groups is 1. The first-order valence-corrected chi connectivity index (χ1v) is 9.63. The molecule has 3 aromatic rings. The van der Waals surface area contributed by atoms with Gasteiger partial charge >= 0.3 is 0 Å². The van der Waals surface area contributed by atoms with Crippen LogP contribution in [0.4, 0.5) is 5.95 Å². The molecule has 0 unspecified atom stereocenters. The lowest BCUT2D eigenvalue weighted by atomic mass is 10.2. The van der Waals surface area contributed by atoms with Gasteiger partial charge in [0.15, 0.2) is 11.5 Å². The fourth-order valence-corrected chi connectivity index (χ4v) is 2.86. The number of carbonyl (C=O) groups is 1. The van der Waals surface area contributed by atoms with E-state index in [4.69, 9.17) is 9.47 Å². The number of methoxy groups -OCH3 is 2. The average molecular weight is 423 g/mol. The number of aromatic amines is 1. The molecule has 2 heterocycles. The summed E-state index contributed by atoms with van der Waals surface area (Å²) in [6, 6.07) is 6.78. The Morgan fingerprint density at radius 1 is 1.10 bits per heavy atom. The highest BCUT2D eigenvalue weighted by atomic mass is 16.5. The molecule has 0 saturated carbocycles. The van der Waals surface area contributed by atoms with Crippen LogP contribution in [-0.2, 0) is 6.42 Å². The van der Waals surface area contributed by atoms with Gasteiger partial charge in [0, 0.05) is 41.8 Å². The highest BCUT2D eigenvalue weighted by Crippen LogP contribution is 2.27. The second-order valence-corrected chi connectivity index (χ2v) is 6.68. The van der Waals surface area contributed by atoms with Gasteiger partial charge in [-0.2, -0.15) is 0 Å². The molecule has 10 heteroatoms. The van der Waals surface area contributed by atoms with E-state index < -0.39 is 0 Å². The predicted molar refractivity (Wildman–Crippen MR) is 117 cm³/mol. The smallest absolute Gasteiger partial charge is 0.258 e. The van der Waals surface area contributed by atoms with Gasteiger partial charge in [-0.25, -0.2) is 15.0 Å². The average Bonchev–Trinajstić information content (AvgIpc) is 3.25. The van der Waals surface area contributed by atoms with Crippen LogP contribution in [0, 0.1) is 13.8 Å². The molecule has 1 amide bonds. The van der Waals surface area contributed by atoms with Gasteiger partial charge in [0.1, 0.15) is 0 Å². The second-order valence-electron chi connectivity index (χ2n) is 6.68. The number of nitrogens with zero attached hydrogens (tertiary/aromatic N) is 4. The molecule has 2 aromatic heterocycles. The summed E-state index contributed by atoms with van der Waals surface area (Å²) in [6.45, 7) is 4.16. The third kappa shape index (κ3) is 6.01. The zero-order valence-electron chi connectivity index (χ0n) is 17.9. The van der Waals surface area contributed by atoms with Gasteiger partial charge in [-0.1, -0.05) is 0 Å². The van der Waals surface area contributed by atoms with Crippen molar-refractivity contribution in [2.75, 3.05) is 26.1 Å². The maximum Gasteiger partial charge on any atom is 0.258 e. The third-order valence-corrected chi connectivity index (χ3v) is 4.30. The molecule has 31 heavy (non-hydrogen) atoms. The molecule has 0 aliphatic heterocycles. The van der Waals surface area contributed by atoms with E-state index in [1.807, 2.05) is 19.9 Å². The number of hydrogen-bond donors (Lipinski definition) is 3. The summed E-state index contributed by atoms with van der Waals surface area (Å²) < 4.78 is 10.5. The number of carbonyl (C=O) groups excluding carboxylic acids is 1. The van der Waals surface area contributed by atoms with E-state index in [9.17, 15) is 4.79 Å². The number of anilines is 1. The number of aromatic nitrogens is 4. The van der Waals surface area contributed by atoms with Crippen LogP contribution in [0.1, 0.15) is 27.4 Å². The van der Waals surface area contributed by atoms with Crippen molar-refractivity contribution in [3.8, 4) is 11.5 Å². The number of nitrogens with one attached hydrogen (secondary N) is 3. The largest absolute Gasteiger partial charge is 0.493 e. The first-order chi connectivity index (χ1) is 15.0. The molecular weight excluding hydrogens is 398 g/mol. The summed E-state index contributed by atoms with van der Waals surface area (Å²) >= 11 is 0. The van der Waals surface area contributed by atoms with E-state index in [1.54, 1.807) is 30.7 Å². The Morgan fingerprint density at radius 3 is 2.48 bits per heavy atom. The van der Waals surface area contributed by atoms with Crippen molar-refractivity contribution in [1.82, 2.24) is 25.3 Å². The summed E-state index contributed by atoms with van der Waals surface area (Å²) in [5, 5.41) is 5.79. The Bertz CT molecular complexity index is 1040. The molecule has 0 spiro atoms. The number of aryl methyl sites for hydroxylation is 2. The summed E-state index contributed by atoms with van der Waals surface area (Å²) in [5.41, 5.74) is 2.94. The van der Waals surface area contributed by atoms with Crippen LogP contribution in [0.25, 0.3) is 0 Å². The Kier molecular flexibility index (Phi) is 7.15. The first kappa shape index (κ1) is 21.8. The van der Waals surface area contributed by atoms with Crippen molar-refractivity contribution in [2.45, 2.75) is 20.3 Å². The van der Waals surface area contributed by atoms with Gasteiger partial charge in [0.05, 0.1) is 20.5 Å². The van der Waals surface area contributed by atoms with Crippen molar-refractivity contribution >= 4 is 17.8 Å². The minimum atomic E-state index is -0.363. The number of aliphatic imine (C=N–C) groups is 1. The molecule has 3 rings (SSSR count). The number of benzene rings is 1. The normalized spacial score (nSPS) is 11.2. The fraction of sp³-hybridized carbons (Fsp3) is 0.286. The Labute approximate surface area is 180 Å². The van der Waals surface area contributed by atoms with Crippen LogP contribution >= 0.6 is 0 Å². The van der Waals surface area contributed by atoms with E-state index >= 15 is 0 Å². The number of ether oxygens (including phenoxy) is 2. The number of rotatable bonds is 7. The van der Waals surface area contributed by atoms with Crippen LogP contribution in [0.2, 0.25) is 0 Å². The minimum Gasteiger partial charge on any atom is -0.493 e. The molecule has 0 bridgehead atoms. The Hall–Kier alpha value is -3.95. The van der Waals surface area contributed by atoms with Gasteiger partial charge in [-0.05, 0) is 38.1 Å². The highest BCUT2D eigenvalue weighted by Gasteiger charge is 2.14. The van der Waals surface area contributed by atoms with Gasteiger partial charge in [0.25, 0.3) is 5.91 Å². The summed E-state index contributed by atoms with van der Waals surface area (Å²) in [7, 11) is 3.05. The Morgan fingerprint density at radius 2 is 1.84 bits per heavy atom. The van der Waals surface area contributed by atoms with Crippen LogP contribution < -0.4 is 20.1 Å². The molecule has 3 N–H and O–H groups in total. The molecule has 0 atom stereocenters. The molecular formula is C21H25N7O3. The van der Waals surface area contributed by atoms with Crippen LogP contribution in [0.15, 0.2) is 41.8 Å². The van der Waals surface area contributed by atoms with Crippen molar-refractivity contribution in [3.63, 3.8) is 0 Å². The van der Waals surface area contributed by atoms with Crippen molar-refractivity contribution in [3.05, 3.63) is 59.4 Å². The van der Waals surface area contributed by atoms with E-state index in [0.29, 0.717) is 36.0 Å². The number of imidazole rings is 1. The summed E-state index contributed by atoms with van der Waals surface area (Å²) in [5.74, 6) is 1.22. The molecule has 0 aliphatic rings. The fourth-order valence-electron chi connectivity index (χ4n) is 2.86. The summed E-state index contributed by atoms with van der Waals surface area (Å²) in [4.78, 5) is 33.1. The first-order valence-electron chi connectivity index (χ1n) is 9.63. The van der Waals surface area contributed by atoms with Gasteiger partial charge < -0.3 is 14.5 Å². The number of hydrogen-bond acceptors (Lipinski definition) is 7. The third-order valence-electron chi connectivity index (χ3n) is 4.30. The quantitative estimate of drug-likeness (QED) is 0.393. The van der Waals surface area contributed by atoms with Crippen molar-refractivity contribution in [1.29, 1.82) is 0 Å². The van der Waals surface area contributed by atoms with Gasteiger partial charge in [0.2, 0.25) is 11.9 Å². The maximum atomic E-state index is 12.9. The molecule has 0 saturated heterocycles. The van der Waals surface area contributed by atoms with Crippen LogP contribution in [0.5, 0.6) is 11.5 Å². The lowest BCUT2D eigenvalue weighted by Gasteiger charge is -2.13. The SMILES string of the molecule is COc1ccc(C(=O)NC(=NCCc2cnc[nH]2)Nc2nc(C)cc(C)n2)cc1OC. The molecule has 162 valence electrons. The lowest BCUT2D eigenvalue weighted by Crippen LogP contribution is -2.37. The Balaban J connectivity index is 1.80. The van der Waals surface area contributed by atoms with E-state index in [1.165, 1.54) is 14.2 Å². The molecule has 0 aliphatic carbocycles. The molecule has 10 nitrogen and oxygen atoms in total.